The first-order valence-electron chi connectivity index (χ1n) is 6.41. The Balaban J connectivity index is 1.79. The lowest BCUT2D eigenvalue weighted by molar-refractivity contribution is 0.575. The van der Waals surface area contributed by atoms with E-state index in [1.54, 1.807) is 11.8 Å². The number of amidine groups is 1. The average Bonchev–Trinajstić information content (AvgIpc) is 2.88. The highest BCUT2D eigenvalue weighted by atomic mass is 32.2. The minimum absolute atomic E-state index is 0.907. The highest BCUT2D eigenvalue weighted by Crippen LogP contribution is 2.16. The summed E-state index contributed by atoms with van der Waals surface area (Å²) in [5.74, 6) is 0.970. The van der Waals surface area contributed by atoms with Crippen LogP contribution < -0.4 is 5.32 Å². The molecule has 98 valence electrons. The lowest BCUT2D eigenvalue weighted by atomic mass is 10.1. The maximum atomic E-state index is 9.39. The van der Waals surface area contributed by atoms with E-state index in [1.807, 2.05) is 6.55 Å². The van der Waals surface area contributed by atoms with Gasteiger partial charge in [0.1, 0.15) is 0 Å². The van der Waals surface area contributed by atoms with Crippen LogP contribution in [0.4, 0.5) is 0 Å². The zero-order valence-electron chi connectivity index (χ0n) is 10.7. The normalized spacial score (nSPS) is 16.2. The highest BCUT2D eigenvalue weighted by Gasteiger charge is 2.05. The van der Waals surface area contributed by atoms with Crippen LogP contribution in [-0.4, -0.2) is 32.1 Å². The van der Waals surface area contributed by atoms with Crippen LogP contribution in [0.1, 0.15) is 11.1 Å². The zero-order valence-corrected chi connectivity index (χ0v) is 12.7. The van der Waals surface area contributed by atoms with Gasteiger partial charge >= 0.3 is 0 Å². The summed E-state index contributed by atoms with van der Waals surface area (Å²) in [6, 6.07) is 9.69. The van der Waals surface area contributed by atoms with Gasteiger partial charge in [-0.2, -0.15) is 0 Å². The summed E-state index contributed by atoms with van der Waals surface area (Å²) in [7, 11) is -1.41. The van der Waals surface area contributed by atoms with Crippen molar-refractivity contribution in [3.63, 3.8) is 0 Å². The molecule has 0 bridgehead atoms. The molecule has 1 atom stereocenters. The molecule has 1 aliphatic heterocycles. The topological polar surface area (TPSA) is 44.6 Å². The molecule has 1 aromatic carbocycles. The molecule has 0 spiro atoms. The van der Waals surface area contributed by atoms with Crippen molar-refractivity contribution in [1.82, 2.24) is 5.32 Å². The first-order valence-corrected chi connectivity index (χ1v) is 9.88. The van der Waals surface area contributed by atoms with E-state index >= 15 is 0 Å². The maximum Gasteiger partial charge on any atom is 0.169 e. The number of rotatable bonds is 5. The summed E-state index contributed by atoms with van der Waals surface area (Å²) in [6.45, 7) is 3.86. The summed E-state index contributed by atoms with van der Waals surface area (Å²) < 4.78 is 0. The molecule has 0 aromatic heterocycles. The Kier molecular flexibility index (Phi) is 5.28. The van der Waals surface area contributed by atoms with Gasteiger partial charge in [-0.25, -0.2) is 0 Å². The van der Waals surface area contributed by atoms with Crippen molar-refractivity contribution in [3.05, 3.63) is 35.4 Å². The van der Waals surface area contributed by atoms with E-state index in [2.05, 4.69) is 34.6 Å². The zero-order chi connectivity index (χ0) is 12.8. The van der Waals surface area contributed by atoms with Gasteiger partial charge in [-0.3, -0.25) is 4.99 Å². The maximum absolute atomic E-state index is 9.39. The smallest absolute Gasteiger partial charge is 0.169 e. The third-order valence-electron chi connectivity index (χ3n) is 2.89. The van der Waals surface area contributed by atoms with E-state index in [4.69, 9.17) is 0 Å². The Hall–Kier alpha value is -0.783. The number of aliphatic imine (C=N–C) groups is 1. The second kappa shape index (κ2) is 6.97. The van der Waals surface area contributed by atoms with Crippen LogP contribution in [0, 0.1) is 0 Å². The number of thioether (sulfide) groups is 1. The Bertz CT molecular complexity index is 406. The molecule has 1 heterocycles. The number of hydrogen-bond donors (Lipinski definition) is 2. The Morgan fingerprint density at radius 3 is 2.67 bits per heavy atom. The Morgan fingerprint density at radius 2 is 2.06 bits per heavy atom. The molecular weight excluding hydrogens is 260 g/mol. The van der Waals surface area contributed by atoms with Crippen molar-refractivity contribution in [2.24, 2.45) is 4.99 Å². The number of benzene rings is 1. The molecule has 0 aliphatic carbocycles. The van der Waals surface area contributed by atoms with Crippen molar-refractivity contribution < 1.29 is 4.80 Å². The second-order valence-electron chi connectivity index (χ2n) is 4.61. The summed E-state index contributed by atoms with van der Waals surface area (Å²) in [4.78, 5) is 13.8. The molecule has 0 saturated heterocycles. The molecule has 1 unspecified atom stereocenters. The highest BCUT2D eigenvalue weighted by molar-refractivity contribution is 8.13. The van der Waals surface area contributed by atoms with Crippen LogP contribution in [0.25, 0.3) is 0 Å². The minimum atomic E-state index is -1.41. The van der Waals surface area contributed by atoms with Gasteiger partial charge < -0.3 is 10.1 Å². The summed E-state index contributed by atoms with van der Waals surface area (Å²) in [5, 5.41) is 4.33. The summed E-state index contributed by atoms with van der Waals surface area (Å²) >= 11 is 1.77. The van der Waals surface area contributed by atoms with Crippen LogP contribution in [0.15, 0.2) is 29.3 Å². The van der Waals surface area contributed by atoms with E-state index in [0.717, 1.165) is 36.5 Å². The third kappa shape index (κ3) is 4.47. The predicted octanol–water partition coefficient (Wildman–Crippen LogP) is 1.77. The van der Waals surface area contributed by atoms with Crippen LogP contribution in [0.2, 0.25) is 12.6 Å². The van der Waals surface area contributed by atoms with E-state index in [9.17, 15) is 4.80 Å². The van der Waals surface area contributed by atoms with Gasteiger partial charge in [0.25, 0.3) is 0 Å². The molecule has 0 saturated carbocycles. The molecule has 1 aromatic rings. The fraction of sp³-hybridized carbons (Fsp3) is 0.462. The standard InChI is InChI=1S/C13H20N2OSSi/c1-18(16)9-6-11-2-4-12(5-3-11)10-17-13-14-7-8-15-13/h2-5,16,18H,6-10H2,1H3,(H,14,15). The lowest BCUT2D eigenvalue weighted by Gasteiger charge is -2.05. The van der Waals surface area contributed by atoms with Gasteiger partial charge in [0.15, 0.2) is 14.2 Å². The number of nitrogens with one attached hydrogen (secondary N) is 1. The molecule has 2 rings (SSSR count). The molecule has 0 fully saturated rings. The second-order valence-corrected chi connectivity index (χ2v) is 7.85. The molecule has 1 aliphatic rings. The summed E-state index contributed by atoms with van der Waals surface area (Å²) in [5.41, 5.74) is 2.66. The number of nitrogens with zero attached hydrogens (tertiary/aromatic N) is 1. The number of aryl methyl sites for hydroxylation is 1. The van der Waals surface area contributed by atoms with E-state index < -0.39 is 9.04 Å². The average molecular weight is 280 g/mol. The number of hydrogen-bond acceptors (Lipinski definition) is 4. The molecule has 0 radical (unpaired) electrons. The van der Waals surface area contributed by atoms with Crippen molar-refractivity contribution in [3.8, 4) is 0 Å². The molecule has 18 heavy (non-hydrogen) atoms. The Morgan fingerprint density at radius 1 is 1.33 bits per heavy atom. The van der Waals surface area contributed by atoms with Crippen LogP contribution in [-0.2, 0) is 12.2 Å². The third-order valence-corrected chi connectivity index (χ3v) is 5.04. The first kappa shape index (κ1) is 13.6. The SMILES string of the molecule is C[SiH](O)CCc1ccc(CSC2=NCCN2)cc1. The summed E-state index contributed by atoms with van der Waals surface area (Å²) in [6.07, 6.45) is 1.01. The van der Waals surface area contributed by atoms with Crippen molar-refractivity contribution >= 4 is 26.0 Å². The predicted molar refractivity (Wildman–Crippen MR) is 81.8 cm³/mol. The largest absolute Gasteiger partial charge is 0.435 e. The van der Waals surface area contributed by atoms with Gasteiger partial charge in [-0.05, 0) is 30.1 Å². The van der Waals surface area contributed by atoms with Gasteiger partial charge in [0, 0.05) is 12.3 Å². The Labute approximate surface area is 114 Å². The monoisotopic (exact) mass is 280 g/mol. The first-order chi connectivity index (χ1) is 8.74. The van der Waals surface area contributed by atoms with Crippen LogP contribution in [0.5, 0.6) is 0 Å². The van der Waals surface area contributed by atoms with Gasteiger partial charge in [-0.15, -0.1) is 0 Å². The molecule has 3 nitrogen and oxygen atoms in total. The quantitative estimate of drug-likeness (QED) is 0.808. The molecule has 5 heteroatoms. The van der Waals surface area contributed by atoms with Crippen molar-refractivity contribution in [2.45, 2.75) is 24.8 Å². The molecular formula is C13H20N2OSSi. The minimum Gasteiger partial charge on any atom is -0.435 e. The fourth-order valence-electron chi connectivity index (χ4n) is 1.80. The lowest BCUT2D eigenvalue weighted by Crippen LogP contribution is -2.14. The van der Waals surface area contributed by atoms with Gasteiger partial charge in [-0.1, -0.05) is 36.0 Å². The van der Waals surface area contributed by atoms with Crippen molar-refractivity contribution in [1.29, 1.82) is 0 Å². The molecule has 0 amide bonds. The van der Waals surface area contributed by atoms with E-state index in [1.165, 1.54) is 11.1 Å². The fourth-order valence-corrected chi connectivity index (χ4v) is 3.44. The van der Waals surface area contributed by atoms with E-state index in [0.29, 0.717) is 0 Å². The van der Waals surface area contributed by atoms with Gasteiger partial charge in [0.2, 0.25) is 0 Å². The molecule has 2 N–H and O–H groups in total. The van der Waals surface area contributed by atoms with Gasteiger partial charge in [0.05, 0.1) is 6.54 Å². The van der Waals surface area contributed by atoms with Crippen molar-refractivity contribution in [2.75, 3.05) is 13.1 Å². The van der Waals surface area contributed by atoms with Crippen LogP contribution in [0.3, 0.4) is 0 Å². The van der Waals surface area contributed by atoms with Crippen LogP contribution >= 0.6 is 11.8 Å². The van der Waals surface area contributed by atoms with E-state index in [-0.39, 0.29) is 0 Å².